The highest BCUT2D eigenvalue weighted by atomic mass is 16.5. The predicted molar refractivity (Wildman–Crippen MR) is 159 cm³/mol. The Labute approximate surface area is 249 Å². The minimum atomic E-state index is -0.822. The number of aliphatic hydroxyl groups is 2. The summed E-state index contributed by atoms with van der Waals surface area (Å²) in [5.74, 6) is -2.31. The number of unbranched alkanes of at least 4 members (excludes halogenated alkanes) is 3. The minimum Gasteiger partial charge on any atom is -0.507 e. The number of methoxy groups -OCH3 is 2. The monoisotopic (exact) mass is 588 g/mol. The quantitative estimate of drug-likeness (QED) is 0.131. The molecular formula is C32H48N2O8. The van der Waals surface area contributed by atoms with Crippen molar-refractivity contribution in [3.63, 3.8) is 0 Å². The zero-order valence-corrected chi connectivity index (χ0v) is 26.4. The highest BCUT2D eigenvalue weighted by Gasteiger charge is 2.44. The van der Waals surface area contributed by atoms with Crippen LogP contribution in [0.3, 0.4) is 0 Å². The van der Waals surface area contributed by atoms with Crippen molar-refractivity contribution < 1.29 is 38.9 Å². The number of aliphatic hydroxyl groups excluding tert-OH is 2. The lowest BCUT2D eigenvalue weighted by Gasteiger charge is -2.32. The lowest BCUT2D eigenvalue weighted by atomic mass is 9.72. The molecule has 10 nitrogen and oxygen atoms in total. The van der Waals surface area contributed by atoms with Gasteiger partial charge in [-0.1, -0.05) is 54.4 Å². The van der Waals surface area contributed by atoms with E-state index in [1.54, 1.807) is 27.7 Å². The molecule has 0 saturated heterocycles. The molecule has 10 heteroatoms. The van der Waals surface area contributed by atoms with E-state index < -0.39 is 22.8 Å². The Morgan fingerprint density at radius 1 is 0.690 bits per heavy atom. The van der Waals surface area contributed by atoms with Gasteiger partial charge in [-0.05, 0) is 25.7 Å². The first kappa shape index (κ1) is 34.6. The number of ether oxygens (including phenoxy) is 2. The van der Waals surface area contributed by atoms with E-state index in [1.807, 2.05) is 13.8 Å². The van der Waals surface area contributed by atoms with Crippen LogP contribution in [0, 0.1) is 10.8 Å². The maximum Gasteiger partial charge on any atom is 0.338 e. The number of hydrogen-bond donors (Lipinski definition) is 4. The van der Waals surface area contributed by atoms with Gasteiger partial charge in [0.2, 0.25) is 0 Å². The van der Waals surface area contributed by atoms with Crippen molar-refractivity contribution in [2.45, 2.75) is 92.9 Å². The fraction of sp³-hybridized carbons (Fsp3) is 0.625. The van der Waals surface area contributed by atoms with Crippen LogP contribution >= 0.6 is 0 Å². The van der Waals surface area contributed by atoms with Crippen LogP contribution in [-0.4, -0.2) is 61.0 Å². The van der Waals surface area contributed by atoms with Crippen LogP contribution in [0.2, 0.25) is 0 Å². The van der Waals surface area contributed by atoms with Gasteiger partial charge in [0, 0.05) is 48.2 Å². The maximum atomic E-state index is 12.9. The molecule has 0 heterocycles. The third-order valence-electron chi connectivity index (χ3n) is 7.93. The fourth-order valence-electron chi connectivity index (χ4n) is 5.75. The summed E-state index contributed by atoms with van der Waals surface area (Å²) in [5, 5.41) is 28.4. The molecule has 0 spiro atoms. The van der Waals surface area contributed by atoms with Crippen molar-refractivity contribution in [2.24, 2.45) is 10.8 Å². The summed E-state index contributed by atoms with van der Waals surface area (Å²) in [5.41, 5.74) is 0.125. The number of esters is 2. The van der Waals surface area contributed by atoms with Gasteiger partial charge >= 0.3 is 11.9 Å². The van der Waals surface area contributed by atoms with Crippen molar-refractivity contribution in [1.82, 2.24) is 10.6 Å². The summed E-state index contributed by atoms with van der Waals surface area (Å²) in [7, 11) is 2.51. The highest BCUT2D eigenvalue weighted by Crippen LogP contribution is 2.42. The second-order valence-corrected chi connectivity index (χ2v) is 12.1. The Morgan fingerprint density at radius 2 is 1.02 bits per heavy atom. The SMILES string of the molecule is CC/C(NCCCCCCN/C(CC)=C1\C(=O)CC(C)(C)C(C(=O)OC)=C1O)=C1/C(=O)CC(C)(C)C(C(=O)OC)=C1O. The zero-order valence-electron chi connectivity index (χ0n) is 26.4. The van der Waals surface area contributed by atoms with Crippen molar-refractivity contribution in [1.29, 1.82) is 0 Å². The first-order chi connectivity index (χ1) is 19.7. The Bertz CT molecular complexity index is 1120. The van der Waals surface area contributed by atoms with E-state index >= 15 is 0 Å². The number of hydrogen-bond acceptors (Lipinski definition) is 10. The number of carbonyl (C=O) groups is 4. The van der Waals surface area contributed by atoms with Gasteiger partial charge in [-0.25, -0.2) is 9.59 Å². The Morgan fingerprint density at radius 3 is 1.31 bits per heavy atom. The summed E-state index contributed by atoms with van der Waals surface area (Å²) in [4.78, 5) is 50.5. The van der Waals surface area contributed by atoms with E-state index in [4.69, 9.17) is 9.47 Å². The summed E-state index contributed by atoms with van der Waals surface area (Å²) in [6.07, 6.45) is 4.65. The van der Waals surface area contributed by atoms with Crippen LogP contribution in [-0.2, 0) is 28.7 Å². The molecule has 0 unspecified atom stereocenters. The van der Waals surface area contributed by atoms with E-state index in [2.05, 4.69) is 10.6 Å². The van der Waals surface area contributed by atoms with Gasteiger partial charge < -0.3 is 30.3 Å². The summed E-state index contributed by atoms with van der Waals surface area (Å²) in [6, 6.07) is 0. The zero-order chi connectivity index (χ0) is 31.8. The molecule has 0 radical (unpaired) electrons. The average molecular weight is 589 g/mol. The number of Topliss-reactive ketones (excluding diaryl/α,β-unsaturated/α-hetero) is 2. The third-order valence-corrected chi connectivity index (χ3v) is 7.93. The molecule has 234 valence electrons. The molecule has 2 aliphatic carbocycles. The Hall–Kier alpha value is -3.56. The van der Waals surface area contributed by atoms with Crippen molar-refractivity contribution in [3.8, 4) is 0 Å². The van der Waals surface area contributed by atoms with Crippen LogP contribution in [0.15, 0.2) is 45.2 Å². The number of ketones is 2. The maximum absolute atomic E-state index is 12.9. The Balaban J connectivity index is 1.99. The van der Waals surface area contributed by atoms with Crippen molar-refractivity contribution in [2.75, 3.05) is 27.3 Å². The fourth-order valence-corrected chi connectivity index (χ4v) is 5.75. The molecule has 2 aliphatic rings. The lowest BCUT2D eigenvalue weighted by Crippen LogP contribution is -2.35. The molecule has 42 heavy (non-hydrogen) atoms. The predicted octanol–water partition coefficient (Wildman–Crippen LogP) is 5.02. The molecule has 2 rings (SSSR count). The van der Waals surface area contributed by atoms with E-state index in [1.165, 1.54) is 14.2 Å². The summed E-state index contributed by atoms with van der Waals surface area (Å²) in [6.45, 7) is 11.9. The third kappa shape index (κ3) is 7.63. The first-order valence-electron chi connectivity index (χ1n) is 14.7. The van der Waals surface area contributed by atoms with Gasteiger partial charge in [-0.3, -0.25) is 9.59 Å². The molecule has 4 N–H and O–H groups in total. The molecule has 0 aromatic rings. The smallest absolute Gasteiger partial charge is 0.338 e. The molecule has 0 atom stereocenters. The second kappa shape index (κ2) is 14.6. The molecule has 0 aliphatic heterocycles. The Kier molecular flexibility index (Phi) is 12.0. The van der Waals surface area contributed by atoms with Gasteiger partial charge in [0.25, 0.3) is 0 Å². The number of rotatable bonds is 13. The van der Waals surface area contributed by atoms with Crippen molar-refractivity contribution in [3.05, 3.63) is 45.2 Å². The van der Waals surface area contributed by atoms with E-state index in [9.17, 15) is 29.4 Å². The van der Waals surface area contributed by atoms with E-state index in [0.29, 0.717) is 37.3 Å². The van der Waals surface area contributed by atoms with Gasteiger partial charge in [0.1, 0.15) is 11.5 Å². The molecule has 0 saturated carbocycles. The van der Waals surface area contributed by atoms with Gasteiger partial charge in [-0.15, -0.1) is 0 Å². The number of nitrogens with one attached hydrogen (secondary N) is 2. The van der Waals surface area contributed by atoms with Gasteiger partial charge in [0.15, 0.2) is 11.6 Å². The van der Waals surface area contributed by atoms with E-state index in [-0.39, 0.29) is 58.2 Å². The topological polar surface area (TPSA) is 151 Å². The van der Waals surface area contributed by atoms with Crippen LogP contribution < -0.4 is 10.6 Å². The van der Waals surface area contributed by atoms with E-state index in [0.717, 1.165) is 25.7 Å². The van der Waals surface area contributed by atoms with Crippen LogP contribution in [0.25, 0.3) is 0 Å². The first-order valence-corrected chi connectivity index (χ1v) is 14.7. The minimum absolute atomic E-state index is 0.103. The van der Waals surface area contributed by atoms with Gasteiger partial charge in [-0.2, -0.15) is 0 Å². The van der Waals surface area contributed by atoms with Crippen LogP contribution in [0.4, 0.5) is 0 Å². The average Bonchev–Trinajstić information content (AvgIpc) is 2.90. The van der Waals surface area contributed by atoms with Crippen LogP contribution in [0.1, 0.15) is 92.9 Å². The largest absolute Gasteiger partial charge is 0.507 e. The normalized spacial score (nSPS) is 20.8. The number of carbonyl (C=O) groups excluding carboxylic acids is 4. The molecule has 0 fully saturated rings. The van der Waals surface area contributed by atoms with Gasteiger partial charge in [0.05, 0.1) is 36.5 Å². The standard InChI is InChI=1S/C32H48N2O8/c1-9-19(23-21(35)17-31(3,4)25(27(23)37)29(39)41-7)33-15-13-11-12-14-16-34-20(10-2)24-22(36)18-32(5,6)26(28(24)38)30(40)42-8/h33-34,37-38H,9-18H2,1-8H3/b23-19+,24-20+. The summed E-state index contributed by atoms with van der Waals surface area (Å²) < 4.78 is 9.73. The lowest BCUT2D eigenvalue weighted by molar-refractivity contribution is -0.139. The molecule has 0 bridgehead atoms. The molecule has 0 aromatic heterocycles. The molecule has 0 amide bonds. The number of allylic oxidation sites excluding steroid dienone is 4. The highest BCUT2D eigenvalue weighted by molar-refractivity contribution is 6.07. The van der Waals surface area contributed by atoms with Crippen molar-refractivity contribution >= 4 is 23.5 Å². The molecule has 0 aromatic carbocycles. The second-order valence-electron chi connectivity index (χ2n) is 12.1. The summed E-state index contributed by atoms with van der Waals surface area (Å²) >= 11 is 0. The van der Waals surface area contributed by atoms with Crippen LogP contribution in [0.5, 0.6) is 0 Å². The molecular weight excluding hydrogens is 540 g/mol.